The van der Waals surface area contributed by atoms with Crippen LogP contribution in [0.25, 0.3) is 0 Å². The van der Waals surface area contributed by atoms with Gasteiger partial charge in [-0.2, -0.15) is 12.6 Å². The second-order valence-electron chi connectivity index (χ2n) is 8.53. The van der Waals surface area contributed by atoms with Gasteiger partial charge in [-0.25, -0.2) is 9.78 Å². The van der Waals surface area contributed by atoms with E-state index in [1.54, 1.807) is 6.92 Å². The Hall–Kier alpha value is -2.60. The number of hydrogen-bond acceptors (Lipinski definition) is 7. The number of nitrogens with zero attached hydrogens (tertiary/aromatic N) is 1. The summed E-state index contributed by atoms with van der Waals surface area (Å²) in [5.41, 5.74) is 6.32. The Balaban J connectivity index is 3.05. The van der Waals surface area contributed by atoms with E-state index in [0.717, 1.165) is 0 Å². The summed E-state index contributed by atoms with van der Waals surface area (Å²) in [6, 6.07) is -4.01. The largest absolute Gasteiger partial charge is 0.480 e. The molecule has 1 rings (SSSR count). The molecule has 0 aliphatic heterocycles. The molecule has 0 aliphatic carbocycles. The van der Waals surface area contributed by atoms with Crippen LogP contribution >= 0.6 is 12.6 Å². The zero-order valence-corrected chi connectivity index (χ0v) is 20.4. The second kappa shape index (κ2) is 13.8. The van der Waals surface area contributed by atoms with Crippen molar-refractivity contribution in [1.82, 2.24) is 25.9 Å². The maximum absolute atomic E-state index is 13.1. The van der Waals surface area contributed by atoms with E-state index in [9.17, 15) is 24.3 Å². The van der Waals surface area contributed by atoms with Gasteiger partial charge in [0, 0.05) is 24.1 Å². The number of hydrogen-bond donors (Lipinski definition) is 7. The van der Waals surface area contributed by atoms with Gasteiger partial charge in [0.1, 0.15) is 18.1 Å². The number of carboxylic acid groups (broad SMARTS) is 1. The maximum Gasteiger partial charge on any atom is 0.326 e. The minimum absolute atomic E-state index is 0.0335. The standard InChI is InChI=1S/C21H36N6O5S/c1-5-12(4)17(21(31)32)27-20(30)15(6-11(2)3)26-19(29)16(7-13-8-23-10-24-13)25-18(28)14(22)9-33/h8,10-12,14-17,33H,5-7,9,22H2,1-4H3,(H,23,24)(H,25,28)(H,26,29)(H,27,30)(H,31,32). The van der Waals surface area contributed by atoms with E-state index >= 15 is 0 Å². The molecule has 5 unspecified atom stereocenters. The number of carbonyl (C=O) groups excluding carboxylic acids is 3. The summed E-state index contributed by atoms with van der Waals surface area (Å²) in [5, 5.41) is 17.3. The molecule has 0 radical (unpaired) electrons. The third-order valence-electron chi connectivity index (χ3n) is 5.26. The number of thiol groups is 1. The van der Waals surface area contributed by atoms with E-state index in [4.69, 9.17) is 5.73 Å². The molecule has 12 heteroatoms. The molecule has 0 spiro atoms. The first-order valence-electron chi connectivity index (χ1n) is 11.0. The van der Waals surface area contributed by atoms with Crippen LogP contribution in [0.4, 0.5) is 0 Å². The fourth-order valence-electron chi connectivity index (χ4n) is 3.10. The highest BCUT2D eigenvalue weighted by Gasteiger charge is 2.32. The molecule has 0 fully saturated rings. The van der Waals surface area contributed by atoms with Crippen LogP contribution in [0.1, 0.15) is 46.2 Å². The summed E-state index contributed by atoms with van der Waals surface area (Å²) >= 11 is 4.01. The minimum Gasteiger partial charge on any atom is -0.480 e. The number of carboxylic acids is 1. The SMILES string of the molecule is CCC(C)C(NC(=O)C(CC(C)C)NC(=O)C(Cc1cnc[nH]1)NC(=O)C(N)CS)C(=O)O. The molecule has 1 heterocycles. The molecule has 1 aromatic rings. The Morgan fingerprint density at radius 2 is 1.70 bits per heavy atom. The van der Waals surface area contributed by atoms with Crippen molar-refractivity contribution < 1.29 is 24.3 Å². The number of H-pyrrole nitrogens is 1. The van der Waals surface area contributed by atoms with Crippen LogP contribution in [-0.2, 0) is 25.6 Å². The summed E-state index contributed by atoms with van der Waals surface area (Å²) < 4.78 is 0. The molecule has 0 aliphatic rings. The number of amides is 3. The molecule has 0 aromatic carbocycles. The maximum atomic E-state index is 13.1. The second-order valence-corrected chi connectivity index (χ2v) is 8.90. The van der Waals surface area contributed by atoms with Gasteiger partial charge in [0.2, 0.25) is 17.7 Å². The topological polar surface area (TPSA) is 179 Å². The lowest BCUT2D eigenvalue weighted by molar-refractivity contribution is -0.144. The predicted molar refractivity (Wildman–Crippen MR) is 126 cm³/mol. The van der Waals surface area contributed by atoms with E-state index in [1.165, 1.54) is 12.5 Å². The van der Waals surface area contributed by atoms with Crippen LogP contribution < -0.4 is 21.7 Å². The van der Waals surface area contributed by atoms with E-state index < -0.39 is 47.9 Å². The van der Waals surface area contributed by atoms with Gasteiger partial charge in [-0.1, -0.05) is 34.1 Å². The van der Waals surface area contributed by atoms with Crippen LogP contribution in [0.5, 0.6) is 0 Å². The first kappa shape index (κ1) is 28.4. The number of aliphatic carboxylic acids is 1. The van der Waals surface area contributed by atoms with Gasteiger partial charge < -0.3 is 31.8 Å². The van der Waals surface area contributed by atoms with Crippen molar-refractivity contribution in [2.24, 2.45) is 17.6 Å². The predicted octanol–water partition coefficient (Wildman–Crippen LogP) is -0.159. The van der Waals surface area contributed by atoms with Crippen LogP contribution in [0, 0.1) is 11.8 Å². The Labute approximate surface area is 199 Å². The molecule has 0 bridgehead atoms. The van der Waals surface area contributed by atoms with Crippen LogP contribution in [0.15, 0.2) is 12.5 Å². The molecule has 7 N–H and O–H groups in total. The number of rotatable bonds is 14. The molecule has 33 heavy (non-hydrogen) atoms. The zero-order valence-electron chi connectivity index (χ0n) is 19.5. The van der Waals surface area contributed by atoms with Gasteiger partial charge >= 0.3 is 5.97 Å². The number of aromatic nitrogens is 2. The van der Waals surface area contributed by atoms with E-state index in [1.807, 2.05) is 20.8 Å². The van der Waals surface area contributed by atoms with Gasteiger partial charge in [-0.3, -0.25) is 14.4 Å². The van der Waals surface area contributed by atoms with Crippen molar-refractivity contribution in [2.75, 3.05) is 5.75 Å². The molecule has 0 saturated carbocycles. The Bertz CT molecular complexity index is 788. The molecule has 5 atom stereocenters. The molecular weight excluding hydrogens is 448 g/mol. The first-order chi connectivity index (χ1) is 15.5. The molecular formula is C21H36N6O5S. The fraction of sp³-hybridized carbons (Fsp3) is 0.667. The Kier molecular flexibility index (Phi) is 11.9. The lowest BCUT2D eigenvalue weighted by Gasteiger charge is -2.27. The van der Waals surface area contributed by atoms with Gasteiger partial charge in [-0.05, 0) is 18.3 Å². The fourth-order valence-corrected chi connectivity index (χ4v) is 3.27. The molecule has 3 amide bonds. The Morgan fingerprint density at radius 3 is 2.18 bits per heavy atom. The van der Waals surface area contributed by atoms with Gasteiger partial charge in [0.15, 0.2) is 0 Å². The number of imidazole rings is 1. The third-order valence-corrected chi connectivity index (χ3v) is 5.66. The smallest absolute Gasteiger partial charge is 0.326 e. The summed E-state index contributed by atoms with van der Waals surface area (Å²) in [6.07, 6.45) is 3.90. The van der Waals surface area contributed by atoms with Gasteiger partial charge in [-0.15, -0.1) is 0 Å². The number of nitrogens with two attached hydrogens (primary N) is 1. The average molecular weight is 485 g/mol. The van der Waals surface area contributed by atoms with Crippen LogP contribution in [0.3, 0.4) is 0 Å². The van der Waals surface area contributed by atoms with Crippen LogP contribution in [0.2, 0.25) is 0 Å². The molecule has 0 saturated heterocycles. The molecule has 11 nitrogen and oxygen atoms in total. The Morgan fingerprint density at radius 1 is 1.09 bits per heavy atom. The lowest BCUT2D eigenvalue weighted by atomic mass is 9.97. The highest BCUT2D eigenvalue weighted by molar-refractivity contribution is 7.80. The van der Waals surface area contributed by atoms with Gasteiger partial charge in [0.25, 0.3) is 0 Å². The summed E-state index contributed by atoms with van der Waals surface area (Å²) in [5.74, 6) is -3.06. The normalized spacial score (nSPS) is 15.7. The average Bonchev–Trinajstić information content (AvgIpc) is 3.27. The van der Waals surface area contributed by atoms with E-state index in [-0.39, 0.29) is 30.4 Å². The molecule has 186 valence electrons. The van der Waals surface area contributed by atoms with Crippen molar-refractivity contribution in [3.8, 4) is 0 Å². The van der Waals surface area contributed by atoms with Crippen molar-refractivity contribution in [3.05, 3.63) is 18.2 Å². The zero-order chi connectivity index (χ0) is 25.1. The van der Waals surface area contributed by atoms with Crippen molar-refractivity contribution in [1.29, 1.82) is 0 Å². The summed E-state index contributed by atoms with van der Waals surface area (Å²) in [6.45, 7) is 7.32. The van der Waals surface area contributed by atoms with Crippen LogP contribution in [-0.4, -0.2) is 68.7 Å². The minimum atomic E-state index is -1.14. The monoisotopic (exact) mass is 484 g/mol. The summed E-state index contributed by atoms with van der Waals surface area (Å²) in [7, 11) is 0. The molecule has 1 aromatic heterocycles. The third kappa shape index (κ3) is 9.42. The van der Waals surface area contributed by atoms with Crippen molar-refractivity contribution >= 4 is 36.3 Å². The van der Waals surface area contributed by atoms with E-state index in [2.05, 4.69) is 38.5 Å². The highest BCUT2D eigenvalue weighted by Crippen LogP contribution is 2.11. The quantitative estimate of drug-likeness (QED) is 0.179. The first-order valence-corrected chi connectivity index (χ1v) is 11.6. The highest BCUT2D eigenvalue weighted by atomic mass is 32.1. The number of carbonyl (C=O) groups is 4. The number of aromatic amines is 1. The number of nitrogens with one attached hydrogen (secondary N) is 4. The van der Waals surface area contributed by atoms with E-state index in [0.29, 0.717) is 12.1 Å². The van der Waals surface area contributed by atoms with Crippen molar-refractivity contribution in [3.63, 3.8) is 0 Å². The van der Waals surface area contributed by atoms with Gasteiger partial charge in [0.05, 0.1) is 12.4 Å². The lowest BCUT2D eigenvalue weighted by Crippen LogP contribution is -2.58. The van der Waals surface area contributed by atoms with Crippen molar-refractivity contribution in [2.45, 2.75) is 71.1 Å². The summed E-state index contributed by atoms with van der Waals surface area (Å²) in [4.78, 5) is 56.8.